The second-order valence-electron chi connectivity index (χ2n) is 11.0. The van der Waals surface area contributed by atoms with Gasteiger partial charge in [-0.25, -0.2) is 4.79 Å². The van der Waals surface area contributed by atoms with Crippen molar-refractivity contribution in [2.75, 3.05) is 0 Å². The summed E-state index contributed by atoms with van der Waals surface area (Å²) in [4.78, 5) is 36.1. The number of ether oxygens (including phenoxy) is 3. The van der Waals surface area contributed by atoms with E-state index in [4.69, 9.17) is 14.2 Å². The molecule has 9 nitrogen and oxygen atoms in total. The molecular formula is C24H36O9. The molecular weight excluding hydrogens is 432 g/mol. The van der Waals surface area contributed by atoms with Crippen LogP contribution in [-0.4, -0.2) is 57.2 Å². The van der Waals surface area contributed by atoms with Crippen molar-refractivity contribution in [2.24, 2.45) is 28.6 Å². The Morgan fingerprint density at radius 3 is 2.27 bits per heavy atom. The van der Waals surface area contributed by atoms with Crippen LogP contribution in [0.4, 0.5) is 0 Å². The lowest BCUT2D eigenvalue weighted by atomic mass is 9.39. The van der Waals surface area contributed by atoms with Gasteiger partial charge in [0.2, 0.25) is 5.79 Å². The molecule has 0 bridgehead atoms. The Hall–Kier alpha value is -1.97. The van der Waals surface area contributed by atoms with Crippen LogP contribution in [0.25, 0.3) is 0 Å². The molecule has 0 unspecified atom stereocenters. The van der Waals surface area contributed by atoms with Gasteiger partial charge in [0.25, 0.3) is 0 Å². The minimum atomic E-state index is -1.75. The fourth-order valence-electron chi connectivity index (χ4n) is 7.60. The second kappa shape index (κ2) is 7.78. The molecule has 4 N–H and O–H groups in total. The van der Waals surface area contributed by atoms with Gasteiger partial charge in [0.05, 0.1) is 5.60 Å². The van der Waals surface area contributed by atoms with Crippen molar-refractivity contribution in [3.63, 3.8) is 0 Å². The molecule has 0 aromatic heterocycles. The first-order chi connectivity index (χ1) is 14.7. The van der Waals surface area contributed by atoms with E-state index >= 15 is 0 Å². The number of esters is 3. The quantitative estimate of drug-likeness (QED) is 0.456. The Morgan fingerprint density at radius 1 is 1.09 bits per heavy atom. The molecule has 8 atom stereocenters. The monoisotopic (exact) mass is 468 g/mol. The van der Waals surface area contributed by atoms with Crippen molar-refractivity contribution < 1.29 is 44.3 Å². The van der Waals surface area contributed by atoms with E-state index < -0.39 is 52.3 Å². The van der Waals surface area contributed by atoms with Crippen LogP contribution in [0.2, 0.25) is 0 Å². The third-order valence-corrected chi connectivity index (χ3v) is 9.01. The molecule has 0 aromatic rings. The Kier molecular flexibility index (Phi) is 6.05. The topological polar surface area (TPSA) is 151 Å². The molecule has 0 spiro atoms. The van der Waals surface area contributed by atoms with Gasteiger partial charge in [-0.1, -0.05) is 27.7 Å². The number of carbonyl (C=O) groups excluding carboxylic acids is 3. The minimum absolute atomic E-state index is 0. The van der Waals surface area contributed by atoms with Crippen LogP contribution in [0.1, 0.15) is 67.2 Å². The maximum absolute atomic E-state index is 12.3. The van der Waals surface area contributed by atoms with E-state index in [-0.39, 0.29) is 29.7 Å². The molecule has 33 heavy (non-hydrogen) atoms. The van der Waals surface area contributed by atoms with Crippen LogP contribution < -0.4 is 0 Å². The molecule has 3 fully saturated rings. The number of rotatable bonds is 2. The largest absolute Gasteiger partial charge is 0.459 e. The van der Waals surface area contributed by atoms with Gasteiger partial charge in [-0.15, -0.1) is 0 Å². The summed E-state index contributed by atoms with van der Waals surface area (Å²) in [5, 5.41) is 23.6. The average molecular weight is 469 g/mol. The number of fused-ring (bicyclic) bond motifs is 4. The number of hydrogen-bond donors (Lipinski definition) is 2. The highest BCUT2D eigenvalue weighted by molar-refractivity contribution is 5.86. The van der Waals surface area contributed by atoms with Gasteiger partial charge in [-0.3, -0.25) is 9.59 Å². The maximum Gasteiger partial charge on any atom is 0.333 e. The van der Waals surface area contributed by atoms with Gasteiger partial charge in [0.1, 0.15) is 12.2 Å². The van der Waals surface area contributed by atoms with E-state index in [2.05, 4.69) is 0 Å². The van der Waals surface area contributed by atoms with Crippen LogP contribution in [0.3, 0.4) is 0 Å². The predicted molar refractivity (Wildman–Crippen MR) is 115 cm³/mol. The van der Waals surface area contributed by atoms with Crippen molar-refractivity contribution in [1.82, 2.24) is 0 Å². The predicted octanol–water partition coefficient (Wildman–Crippen LogP) is 1.43. The Balaban J connectivity index is 0.00000306. The van der Waals surface area contributed by atoms with Crippen LogP contribution in [0, 0.1) is 28.6 Å². The first-order valence-electron chi connectivity index (χ1n) is 11.4. The van der Waals surface area contributed by atoms with Gasteiger partial charge in [0.15, 0.2) is 0 Å². The number of aliphatic hydroxyl groups is 2. The summed E-state index contributed by atoms with van der Waals surface area (Å²) in [7, 11) is 0. The van der Waals surface area contributed by atoms with Crippen LogP contribution in [-0.2, 0) is 28.6 Å². The average Bonchev–Trinajstić information content (AvgIpc) is 2.95. The molecule has 3 aliphatic carbocycles. The van der Waals surface area contributed by atoms with E-state index in [1.165, 1.54) is 19.9 Å². The van der Waals surface area contributed by atoms with Crippen molar-refractivity contribution in [1.29, 1.82) is 0 Å². The lowest BCUT2D eigenvalue weighted by Crippen LogP contribution is -2.75. The van der Waals surface area contributed by atoms with Crippen LogP contribution in [0.15, 0.2) is 11.6 Å². The molecule has 9 heteroatoms. The fourth-order valence-corrected chi connectivity index (χ4v) is 7.60. The SMILES string of the molecule is CC(=O)O[C@H]1CC(C)(C)[C@]2(O)CC[C@H]3[C@@H](C)C4=CC(=O)O[C@]4(O)C[C@@H]3[C@@]2(C)[C@H]1OC(C)=O.O. The Labute approximate surface area is 193 Å². The standard InChI is InChI=1S/C24H34O8.H2O/c1-12-15-7-8-24(29)21(4,5)11-18(30-13(2)25)20(31-14(3)26)22(24,6)17(15)10-23(28)16(12)9-19(27)32-23;/h9,12,15,17-18,20,28-29H,7-8,10-11H2,1-6H3;1H2/t12-,15+,17+,18+,20+,22+,23-,24-;/m1./s1. The molecule has 4 aliphatic rings. The summed E-state index contributed by atoms with van der Waals surface area (Å²) in [6.45, 7) is 10.3. The molecule has 0 aromatic carbocycles. The lowest BCUT2D eigenvalue weighted by molar-refractivity contribution is -0.318. The molecule has 1 heterocycles. The first-order valence-corrected chi connectivity index (χ1v) is 11.4. The zero-order chi connectivity index (χ0) is 23.9. The van der Waals surface area contributed by atoms with Gasteiger partial charge in [0, 0.05) is 37.3 Å². The van der Waals surface area contributed by atoms with Crippen molar-refractivity contribution >= 4 is 17.9 Å². The maximum atomic E-state index is 12.3. The van der Waals surface area contributed by atoms with E-state index in [1.807, 2.05) is 27.7 Å². The smallest absolute Gasteiger partial charge is 0.333 e. The van der Waals surface area contributed by atoms with Crippen molar-refractivity contribution in [3.8, 4) is 0 Å². The normalized spacial score (nSPS) is 45.3. The summed E-state index contributed by atoms with van der Waals surface area (Å²) in [5.74, 6) is -3.85. The van der Waals surface area contributed by atoms with Crippen LogP contribution >= 0.6 is 0 Å². The first kappa shape index (κ1) is 25.6. The molecule has 186 valence electrons. The Morgan fingerprint density at radius 2 is 1.70 bits per heavy atom. The highest BCUT2D eigenvalue weighted by atomic mass is 16.7. The van der Waals surface area contributed by atoms with Crippen molar-refractivity contribution in [3.05, 3.63) is 11.6 Å². The summed E-state index contributed by atoms with van der Waals surface area (Å²) in [5.41, 5.74) is -2.43. The second-order valence-corrected chi connectivity index (χ2v) is 11.0. The Bertz CT molecular complexity index is 894. The third kappa shape index (κ3) is 3.42. The summed E-state index contributed by atoms with van der Waals surface area (Å²) in [6.07, 6.45) is 1.28. The fraction of sp³-hybridized carbons (Fsp3) is 0.792. The summed E-state index contributed by atoms with van der Waals surface area (Å²) in [6, 6.07) is 0. The highest BCUT2D eigenvalue weighted by Crippen LogP contribution is 2.69. The lowest BCUT2D eigenvalue weighted by Gasteiger charge is -2.69. The molecule has 0 radical (unpaired) electrons. The van der Waals surface area contributed by atoms with Gasteiger partial charge in [-0.05, 0) is 42.4 Å². The third-order valence-electron chi connectivity index (χ3n) is 9.01. The van der Waals surface area contributed by atoms with E-state index in [0.29, 0.717) is 24.8 Å². The zero-order valence-corrected chi connectivity index (χ0v) is 20.1. The van der Waals surface area contributed by atoms with Gasteiger partial charge >= 0.3 is 17.9 Å². The van der Waals surface area contributed by atoms with Crippen molar-refractivity contribution in [2.45, 2.75) is 90.8 Å². The van der Waals surface area contributed by atoms with E-state index in [0.717, 1.165) is 0 Å². The molecule has 4 rings (SSSR count). The van der Waals surface area contributed by atoms with Crippen LogP contribution in [0.5, 0.6) is 0 Å². The van der Waals surface area contributed by atoms with Gasteiger partial charge in [-0.2, -0.15) is 0 Å². The molecule has 0 saturated heterocycles. The molecule has 1 aliphatic heterocycles. The van der Waals surface area contributed by atoms with E-state index in [9.17, 15) is 24.6 Å². The zero-order valence-electron chi connectivity index (χ0n) is 20.1. The van der Waals surface area contributed by atoms with E-state index in [1.54, 1.807) is 0 Å². The minimum Gasteiger partial charge on any atom is -0.459 e. The number of hydrogen-bond acceptors (Lipinski definition) is 8. The summed E-state index contributed by atoms with van der Waals surface area (Å²) >= 11 is 0. The summed E-state index contributed by atoms with van der Waals surface area (Å²) < 4.78 is 16.8. The highest BCUT2D eigenvalue weighted by Gasteiger charge is 2.74. The molecule has 3 saturated carbocycles. The molecule has 0 amide bonds. The number of carbonyl (C=O) groups is 3. The van der Waals surface area contributed by atoms with Gasteiger partial charge < -0.3 is 29.9 Å².